The molecule has 1 heterocycles. The summed E-state index contributed by atoms with van der Waals surface area (Å²) < 4.78 is 43.6. The Morgan fingerprint density at radius 1 is 0.912 bits per heavy atom. The second kappa shape index (κ2) is 10.2. The summed E-state index contributed by atoms with van der Waals surface area (Å²) in [5.74, 6) is 0.981. The fourth-order valence-electron chi connectivity index (χ4n) is 3.99. The van der Waals surface area contributed by atoms with Gasteiger partial charge >= 0.3 is 0 Å². The summed E-state index contributed by atoms with van der Waals surface area (Å²) in [5.41, 5.74) is 1.63. The summed E-state index contributed by atoms with van der Waals surface area (Å²) in [4.78, 5) is 13.1. The number of methoxy groups -OCH3 is 3. The molecule has 0 aliphatic carbocycles. The number of carbonyl (C=O) groups excluding carboxylic acids is 1. The Kier molecular flexibility index (Phi) is 7.77. The summed E-state index contributed by atoms with van der Waals surface area (Å²) in [7, 11) is 0.814. The molecule has 0 radical (unpaired) electrons. The van der Waals surface area contributed by atoms with Crippen molar-refractivity contribution in [1.29, 1.82) is 0 Å². The molecule has 3 rings (SSSR count). The monoisotopic (exact) mass is 490 g/mol. The average Bonchev–Trinajstić information content (AvgIpc) is 2.82. The molecule has 34 heavy (non-hydrogen) atoms. The Labute approximate surface area is 202 Å². The average molecular weight is 491 g/mol. The van der Waals surface area contributed by atoms with E-state index in [0.29, 0.717) is 35.8 Å². The first-order valence-corrected chi connectivity index (χ1v) is 12.7. The first-order chi connectivity index (χ1) is 16.0. The minimum atomic E-state index is -3.71. The molecule has 0 bridgehead atoms. The Morgan fingerprint density at radius 2 is 1.50 bits per heavy atom. The molecular formula is C25H34N2O6S. The molecule has 0 spiro atoms. The zero-order chi connectivity index (χ0) is 25.1. The highest BCUT2D eigenvalue weighted by Crippen LogP contribution is 2.34. The van der Waals surface area contributed by atoms with Gasteiger partial charge in [0.25, 0.3) is 0 Å². The number of anilines is 1. The van der Waals surface area contributed by atoms with E-state index in [1.807, 2.05) is 18.2 Å². The van der Waals surface area contributed by atoms with Crippen LogP contribution in [0.5, 0.6) is 17.2 Å². The lowest BCUT2D eigenvalue weighted by Gasteiger charge is -2.31. The van der Waals surface area contributed by atoms with Crippen molar-refractivity contribution in [2.45, 2.75) is 43.9 Å². The number of nitrogens with zero attached hydrogens (tertiary/aromatic N) is 1. The number of amides is 1. The predicted molar refractivity (Wildman–Crippen MR) is 131 cm³/mol. The third kappa shape index (κ3) is 5.47. The number of rotatable bonds is 7. The fraction of sp³-hybridized carbons (Fsp3) is 0.480. The van der Waals surface area contributed by atoms with Crippen LogP contribution < -0.4 is 19.5 Å². The van der Waals surface area contributed by atoms with Crippen molar-refractivity contribution in [1.82, 2.24) is 4.31 Å². The maximum atomic E-state index is 13.1. The first-order valence-electron chi connectivity index (χ1n) is 11.2. The van der Waals surface area contributed by atoms with Crippen molar-refractivity contribution >= 4 is 21.6 Å². The quantitative estimate of drug-likeness (QED) is 0.629. The van der Waals surface area contributed by atoms with E-state index in [1.54, 1.807) is 13.2 Å². The second-order valence-corrected chi connectivity index (χ2v) is 11.3. The van der Waals surface area contributed by atoms with Gasteiger partial charge in [0.2, 0.25) is 15.9 Å². The van der Waals surface area contributed by atoms with E-state index in [4.69, 9.17) is 14.2 Å². The second-order valence-electron chi connectivity index (χ2n) is 9.35. The Bertz CT molecular complexity index is 1130. The molecule has 0 atom stereocenters. The van der Waals surface area contributed by atoms with E-state index >= 15 is 0 Å². The van der Waals surface area contributed by atoms with Crippen molar-refractivity contribution in [2.75, 3.05) is 39.7 Å². The number of carbonyl (C=O) groups is 1. The zero-order valence-corrected chi connectivity index (χ0v) is 21.5. The van der Waals surface area contributed by atoms with Crippen LogP contribution in [0.2, 0.25) is 0 Å². The van der Waals surface area contributed by atoms with Gasteiger partial charge in [-0.05, 0) is 48.1 Å². The summed E-state index contributed by atoms with van der Waals surface area (Å²) in [6.45, 7) is 6.83. The van der Waals surface area contributed by atoms with Crippen LogP contribution >= 0.6 is 0 Å². The fourth-order valence-corrected chi connectivity index (χ4v) is 5.48. The molecule has 1 saturated heterocycles. The van der Waals surface area contributed by atoms with Gasteiger partial charge in [0.15, 0.2) is 11.5 Å². The Hall–Kier alpha value is -2.78. The van der Waals surface area contributed by atoms with E-state index < -0.39 is 10.0 Å². The SMILES string of the molecule is COc1ccc(C(C)(C)C)cc1NC(=O)C1CCN(S(=O)(=O)c2ccc(OC)c(OC)c2)CC1. The van der Waals surface area contributed by atoms with Gasteiger partial charge in [-0.2, -0.15) is 4.31 Å². The van der Waals surface area contributed by atoms with E-state index in [9.17, 15) is 13.2 Å². The molecule has 1 N–H and O–H groups in total. The highest BCUT2D eigenvalue weighted by Gasteiger charge is 2.33. The number of ether oxygens (including phenoxy) is 3. The van der Waals surface area contributed by atoms with Crippen molar-refractivity contribution in [3.63, 3.8) is 0 Å². The highest BCUT2D eigenvalue weighted by molar-refractivity contribution is 7.89. The molecule has 8 nitrogen and oxygen atoms in total. The molecule has 2 aromatic carbocycles. The zero-order valence-electron chi connectivity index (χ0n) is 20.7. The van der Waals surface area contributed by atoms with Gasteiger partial charge < -0.3 is 19.5 Å². The van der Waals surface area contributed by atoms with E-state index in [-0.39, 0.29) is 35.2 Å². The molecule has 1 aliphatic rings. The van der Waals surface area contributed by atoms with E-state index in [1.165, 1.54) is 30.7 Å². The van der Waals surface area contributed by atoms with Gasteiger partial charge in [0.1, 0.15) is 5.75 Å². The molecule has 1 fully saturated rings. The maximum absolute atomic E-state index is 13.1. The molecule has 2 aromatic rings. The van der Waals surface area contributed by atoms with Crippen molar-refractivity contribution in [3.05, 3.63) is 42.0 Å². The van der Waals surface area contributed by atoms with Crippen LogP contribution in [-0.4, -0.2) is 53.0 Å². The van der Waals surface area contributed by atoms with Crippen LogP contribution in [0.4, 0.5) is 5.69 Å². The minimum absolute atomic E-state index is 0.0738. The Balaban J connectivity index is 1.70. The Morgan fingerprint density at radius 3 is 2.06 bits per heavy atom. The standard InChI is InChI=1S/C25H34N2O6S/c1-25(2,3)18-7-9-21(31-4)20(15-18)26-24(28)17-11-13-27(14-12-17)34(29,30)19-8-10-22(32-5)23(16-19)33-6/h7-10,15-17H,11-14H2,1-6H3,(H,26,28). The lowest BCUT2D eigenvalue weighted by Crippen LogP contribution is -2.41. The van der Waals surface area contributed by atoms with Gasteiger partial charge in [0, 0.05) is 25.1 Å². The van der Waals surface area contributed by atoms with Crippen molar-refractivity contribution in [3.8, 4) is 17.2 Å². The normalized spacial score (nSPS) is 15.6. The topological polar surface area (TPSA) is 94.2 Å². The lowest BCUT2D eigenvalue weighted by atomic mass is 9.86. The summed E-state index contributed by atoms with van der Waals surface area (Å²) >= 11 is 0. The number of hydrogen-bond donors (Lipinski definition) is 1. The molecule has 186 valence electrons. The molecule has 0 saturated carbocycles. The molecule has 1 aliphatic heterocycles. The van der Waals surface area contributed by atoms with E-state index in [2.05, 4.69) is 26.1 Å². The van der Waals surface area contributed by atoms with Crippen molar-refractivity contribution in [2.24, 2.45) is 5.92 Å². The number of hydrogen-bond acceptors (Lipinski definition) is 6. The largest absolute Gasteiger partial charge is 0.495 e. The van der Waals surface area contributed by atoms with Crippen LogP contribution in [0.15, 0.2) is 41.3 Å². The minimum Gasteiger partial charge on any atom is -0.495 e. The number of piperidine rings is 1. The smallest absolute Gasteiger partial charge is 0.243 e. The van der Waals surface area contributed by atoms with Gasteiger partial charge in [0.05, 0.1) is 31.9 Å². The van der Waals surface area contributed by atoms with Gasteiger partial charge in [-0.1, -0.05) is 26.8 Å². The summed E-state index contributed by atoms with van der Waals surface area (Å²) in [5, 5.41) is 2.99. The third-order valence-corrected chi connectivity index (χ3v) is 8.04. The number of benzene rings is 2. The van der Waals surface area contributed by atoms with Crippen LogP contribution in [0.25, 0.3) is 0 Å². The molecular weight excluding hydrogens is 456 g/mol. The van der Waals surface area contributed by atoms with Crippen LogP contribution in [0.3, 0.4) is 0 Å². The molecule has 1 amide bonds. The highest BCUT2D eigenvalue weighted by atomic mass is 32.2. The predicted octanol–water partition coefficient (Wildman–Crippen LogP) is 4.05. The first kappa shape index (κ1) is 25.8. The van der Waals surface area contributed by atoms with Gasteiger partial charge in [-0.25, -0.2) is 8.42 Å². The van der Waals surface area contributed by atoms with Crippen LogP contribution in [0, 0.1) is 5.92 Å². The van der Waals surface area contributed by atoms with Crippen LogP contribution in [0.1, 0.15) is 39.2 Å². The van der Waals surface area contributed by atoms with Gasteiger partial charge in [-0.15, -0.1) is 0 Å². The van der Waals surface area contributed by atoms with Crippen LogP contribution in [-0.2, 0) is 20.2 Å². The van der Waals surface area contributed by atoms with E-state index in [0.717, 1.165) is 5.56 Å². The lowest BCUT2D eigenvalue weighted by molar-refractivity contribution is -0.120. The van der Waals surface area contributed by atoms with Gasteiger partial charge in [-0.3, -0.25) is 4.79 Å². The summed E-state index contributed by atoms with van der Waals surface area (Å²) in [6, 6.07) is 10.3. The van der Waals surface area contributed by atoms with Crippen molar-refractivity contribution < 1.29 is 27.4 Å². The molecule has 0 aromatic heterocycles. The number of sulfonamides is 1. The molecule has 0 unspecified atom stereocenters. The third-order valence-electron chi connectivity index (χ3n) is 6.14. The maximum Gasteiger partial charge on any atom is 0.243 e. The summed E-state index contributed by atoms with van der Waals surface area (Å²) in [6.07, 6.45) is 0.860. The molecule has 9 heteroatoms. The number of nitrogens with one attached hydrogen (secondary N) is 1.